The Balaban J connectivity index is 3.08. The summed E-state index contributed by atoms with van der Waals surface area (Å²) in [6, 6.07) is 5.41. The molecule has 0 radical (unpaired) electrons. The first kappa shape index (κ1) is 14.9. The minimum absolute atomic E-state index is 0.156. The molecule has 1 aromatic rings. The molecule has 0 bridgehead atoms. The first-order chi connectivity index (χ1) is 9.12. The Morgan fingerprint density at radius 2 is 2.05 bits per heavy atom. The largest absolute Gasteiger partial charge is 0.513 e. The van der Waals surface area contributed by atoms with Gasteiger partial charge in [0, 0.05) is 0 Å². The summed E-state index contributed by atoms with van der Waals surface area (Å²) in [4.78, 5) is 0. The van der Waals surface area contributed by atoms with Crippen molar-refractivity contribution in [3.05, 3.63) is 35.6 Å². The Bertz CT molecular complexity index is 481. The van der Waals surface area contributed by atoms with Crippen molar-refractivity contribution in [3.8, 4) is 23.8 Å². The SMILES string of the molecule is C#CCO[C@@H](/C=C(\C)O)c1ccc(OC)c(OC)c1. The van der Waals surface area contributed by atoms with Gasteiger partial charge in [-0.25, -0.2) is 0 Å². The Morgan fingerprint density at radius 3 is 2.58 bits per heavy atom. The molecule has 4 nitrogen and oxygen atoms in total. The van der Waals surface area contributed by atoms with E-state index in [1.165, 1.54) is 0 Å². The van der Waals surface area contributed by atoms with E-state index >= 15 is 0 Å². The zero-order valence-corrected chi connectivity index (χ0v) is 11.3. The minimum atomic E-state index is -0.430. The number of terminal acetylenes is 1. The molecule has 0 fully saturated rings. The number of benzene rings is 1. The van der Waals surface area contributed by atoms with Gasteiger partial charge in [-0.3, -0.25) is 0 Å². The third-order valence-electron chi connectivity index (χ3n) is 2.47. The summed E-state index contributed by atoms with van der Waals surface area (Å²) in [5.41, 5.74) is 0.821. The van der Waals surface area contributed by atoms with E-state index in [-0.39, 0.29) is 12.4 Å². The summed E-state index contributed by atoms with van der Waals surface area (Å²) in [6.07, 6.45) is 6.34. The van der Waals surface area contributed by atoms with Gasteiger partial charge in [0.05, 0.1) is 20.0 Å². The molecule has 102 valence electrons. The van der Waals surface area contributed by atoms with Crippen molar-refractivity contribution in [2.75, 3.05) is 20.8 Å². The highest BCUT2D eigenvalue weighted by Gasteiger charge is 2.13. The van der Waals surface area contributed by atoms with Crippen LogP contribution in [-0.2, 0) is 4.74 Å². The number of hydrogen-bond donors (Lipinski definition) is 1. The maximum Gasteiger partial charge on any atom is 0.161 e. The van der Waals surface area contributed by atoms with Gasteiger partial charge in [0.15, 0.2) is 11.5 Å². The molecular weight excluding hydrogens is 244 g/mol. The van der Waals surface area contributed by atoms with Crippen LogP contribution in [0.3, 0.4) is 0 Å². The van der Waals surface area contributed by atoms with Crippen molar-refractivity contribution in [1.82, 2.24) is 0 Å². The van der Waals surface area contributed by atoms with Crippen LogP contribution in [0.1, 0.15) is 18.6 Å². The van der Waals surface area contributed by atoms with Crippen LogP contribution in [0, 0.1) is 12.3 Å². The van der Waals surface area contributed by atoms with Gasteiger partial charge in [0.1, 0.15) is 12.7 Å². The lowest BCUT2D eigenvalue weighted by molar-refractivity contribution is 0.111. The summed E-state index contributed by atoms with van der Waals surface area (Å²) in [6.45, 7) is 1.73. The van der Waals surface area contributed by atoms with Crippen LogP contribution >= 0.6 is 0 Å². The van der Waals surface area contributed by atoms with Gasteiger partial charge in [0.2, 0.25) is 0 Å². The molecule has 0 spiro atoms. The van der Waals surface area contributed by atoms with Crippen molar-refractivity contribution < 1.29 is 19.3 Å². The van der Waals surface area contributed by atoms with E-state index in [1.54, 1.807) is 39.4 Å². The fourth-order valence-corrected chi connectivity index (χ4v) is 1.63. The van der Waals surface area contributed by atoms with Crippen molar-refractivity contribution in [3.63, 3.8) is 0 Å². The van der Waals surface area contributed by atoms with Crippen LogP contribution in [0.2, 0.25) is 0 Å². The molecule has 19 heavy (non-hydrogen) atoms. The van der Waals surface area contributed by atoms with E-state index in [0.29, 0.717) is 11.5 Å². The number of methoxy groups -OCH3 is 2. The number of allylic oxidation sites excluding steroid dienone is 1. The zero-order valence-electron chi connectivity index (χ0n) is 11.3. The van der Waals surface area contributed by atoms with Crippen molar-refractivity contribution in [1.29, 1.82) is 0 Å². The Morgan fingerprint density at radius 1 is 1.37 bits per heavy atom. The molecule has 0 aliphatic carbocycles. The number of ether oxygens (including phenoxy) is 3. The number of aliphatic hydroxyl groups is 1. The standard InChI is InChI=1S/C15H18O4/c1-5-8-19-14(9-11(2)16)12-6-7-13(17-3)15(10-12)18-4/h1,6-7,9-10,14,16H,8H2,2-4H3/b11-9+/t14-/m0/s1. The monoisotopic (exact) mass is 262 g/mol. The molecule has 0 unspecified atom stereocenters. The van der Waals surface area contributed by atoms with Crippen molar-refractivity contribution in [2.24, 2.45) is 0 Å². The molecule has 4 heteroatoms. The van der Waals surface area contributed by atoms with Crippen LogP contribution in [0.5, 0.6) is 11.5 Å². The van der Waals surface area contributed by atoms with Gasteiger partial charge in [0.25, 0.3) is 0 Å². The average Bonchev–Trinajstić information content (AvgIpc) is 2.42. The quantitative estimate of drug-likeness (QED) is 0.632. The maximum absolute atomic E-state index is 9.38. The average molecular weight is 262 g/mol. The predicted octanol–water partition coefficient (Wildman–Crippen LogP) is 2.86. The second-order valence-corrected chi connectivity index (χ2v) is 3.86. The minimum Gasteiger partial charge on any atom is -0.513 e. The second kappa shape index (κ2) is 7.34. The predicted molar refractivity (Wildman–Crippen MR) is 73.5 cm³/mol. The first-order valence-electron chi connectivity index (χ1n) is 5.76. The molecule has 0 amide bonds. The fourth-order valence-electron chi connectivity index (χ4n) is 1.63. The highest BCUT2D eigenvalue weighted by Crippen LogP contribution is 2.31. The molecule has 0 aliphatic rings. The van der Waals surface area contributed by atoms with Crippen LogP contribution in [0.25, 0.3) is 0 Å². The van der Waals surface area contributed by atoms with Crippen LogP contribution < -0.4 is 9.47 Å². The van der Waals surface area contributed by atoms with Gasteiger partial charge in [-0.2, -0.15) is 0 Å². The second-order valence-electron chi connectivity index (χ2n) is 3.86. The Kier molecular flexibility index (Phi) is 5.77. The molecule has 0 aromatic heterocycles. The van der Waals surface area contributed by atoms with Crippen LogP contribution in [-0.4, -0.2) is 25.9 Å². The molecule has 1 atom stereocenters. The van der Waals surface area contributed by atoms with Crippen molar-refractivity contribution >= 4 is 0 Å². The summed E-state index contributed by atoms with van der Waals surface area (Å²) < 4.78 is 15.9. The number of aliphatic hydroxyl groups excluding tert-OH is 1. The molecule has 1 aromatic carbocycles. The summed E-state index contributed by atoms with van der Waals surface area (Å²) >= 11 is 0. The van der Waals surface area contributed by atoms with E-state index in [4.69, 9.17) is 20.6 Å². The third-order valence-corrected chi connectivity index (χ3v) is 2.47. The van der Waals surface area contributed by atoms with E-state index in [1.807, 2.05) is 6.07 Å². The molecule has 0 saturated carbocycles. The summed E-state index contributed by atoms with van der Waals surface area (Å²) in [7, 11) is 3.13. The van der Waals surface area contributed by atoms with Crippen LogP contribution in [0.15, 0.2) is 30.0 Å². The summed E-state index contributed by atoms with van der Waals surface area (Å²) in [5, 5.41) is 9.38. The maximum atomic E-state index is 9.38. The van der Waals surface area contributed by atoms with Gasteiger partial charge in [-0.15, -0.1) is 6.42 Å². The van der Waals surface area contributed by atoms with Gasteiger partial charge >= 0.3 is 0 Å². The van der Waals surface area contributed by atoms with Crippen molar-refractivity contribution in [2.45, 2.75) is 13.0 Å². The lowest BCUT2D eigenvalue weighted by atomic mass is 10.1. The normalized spacial score (nSPS) is 12.6. The summed E-state index contributed by atoms with van der Waals surface area (Å²) in [5.74, 6) is 3.79. The molecule has 0 aliphatic heterocycles. The van der Waals surface area contributed by atoms with Gasteiger partial charge in [-0.1, -0.05) is 12.0 Å². The fraction of sp³-hybridized carbons (Fsp3) is 0.333. The molecule has 1 N–H and O–H groups in total. The third kappa shape index (κ3) is 4.23. The zero-order chi connectivity index (χ0) is 14.3. The number of rotatable bonds is 6. The molecule has 0 saturated heterocycles. The van der Waals surface area contributed by atoms with Gasteiger partial charge in [-0.05, 0) is 30.7 Å². The Hall–Kier alpha value is -2.12. The van der Waals surface area contributed by atoms with E-state index in [9.17, 15) is 5.11 Å². The van der Waals surface area contributed by atoms with Gasteiger partial charge < -0.3 is 19.3 Å². The first-order valence-corrected chi connectivity index (χ1v) is 5.76. The smallest absolute Gasteiger partial charge is 0.161 e. The van der Waals surface area contributed by atoms with E-state index in [2.05, 4.69) is 5.92 Å². The number of hydrogen-bond acceptors (Lipinski definition) is 4. The molecule has 0 heterocycles. The van der Waals surface area contributed by atoms with E-state index in [0.717, 1.165) is 5.56 Å². The van der Waals surface area contributed by atoms with Crippen LogP contribution in [0.4, 0.5) is 0 Å². The molecular formula is C15H18O4. The molecule has 1 rings (SSSR count). The highest BCUT2D eigenvalue weighted by atomic mass is 16.5. The van der Waals surface area contributed by atoms with E-state index < -0.39 is 6.10 Å². The highest BCUT2D eigenvalue weighted by molar-refractivity contribution is 5.44. The lowest BCUT2D eigenvalue weighted by Gasteiger charge is -2.16. The lowest BCUT2D eigenvalue weighted by Crippen LogP contribution is -2.04. The Labute approximate surface area is 113 Å². The topological polar surface area (TPSA) is 47.9 Å².